The van der Waals surface area contributed by atoms with Gasteiger partial charge in [0.1, 0.15) is 11.3 Å². The summed E-state index contributed by atoms with van der Waals surface area (Å²) in [7, 11) is 1.62. The van der Waals surface area contributed by atoms with Gasteiger partial charge in [0.2, 0.25) is 0 Å². The Morgan fingerprint density at radius 2 is 2.05 bits per heavy atom. The Morgan fingerprint density at radius 3 is 2.62 bits per heavy atom. The van der Waals surface area contributed by atoms with E-state index in [9.17, 15) is 9.90 Å². The van der Waals surface area contributed by atoms with Gasteiger partial charge in [-0.3, -0.25) is 0 Å². The Bertz CT molecular complexity index is 475. The quantitative estimate of drug-likeness (QED) is 0.873. The molecule has 2 rings (SSSR count). The average molecular weight is 292 g/mol. The third kappa shape index (κ3) is 3.67. The van der Waals surface area contributed by atoms with Gasteiger partial charge in [0.15, 0.2) is 0 Å². The second-order valence-electron chi connectivity index (χ2n) is 5.53. The second-order valence-corrected chi connectivity index (χ2v) is 5.53. The minimum absolute atomic E-state index is 0.613. The average Bonchev–Trinajstić information content (AvgIpc) is 2.71. The third-order valence-corrected chi connectivity index (χ3v) is 4.26. The number of carboxylic acids is 1. The number of nitrogens with zero attached hydrogens (tertiary/aromatic N) is 1. The fourth-order valence-corrected chi connectivity index (χ4v) is 2.85. The van der Waals surface area contributed by atoms with Crippen LogP contribution in [0.3, 0.4) is 0 Å². The molecule has 5 heteroatoms. The van der Waals surface area contributed by atoms with Crippen LogP contribution in [-0.2, 0) is 4.79 Å². The lowest BCUT2D eigenvalue weighted by Gasteiger charge is -2.30. The molecule has 0 spiro atoms. The summed E-state index contributed by atoms with van der Waals surface area (Å²) in [5, 5.41) is 13.0. The van der Waals surface area contributed by atoms with E-state index in [1.807, 2.05) is 24.3 Å². The number of carbonyl (C=O) groups is 1. The lowest BCUT2D eigenvalue weighted by atomic mass is 9.90. The first-order valence-electron chi connectivity index (χ1n) is 7.47. The van der Waals surface area contributed by atoms with Crippen LogP contribution in [0.25, 0.3) is 0 Å². The van der Waals surface area contributed by atoms with Gasteiger partial charge in [-0.2, -0.15) is 0 Å². The number of rotatable bonds is 5. The summed E-state index contributed by atoms with van der Waals surface area (Å²) < 4.78 is 5.13. The number of anilines is 1. The van der Waals surface area contributed by atoms with Crippen molar-refractivity contribution < 1.29 is 14.6 Å². The van der Waals surface area contributed by atoms with E-state index < -0.39 is 11.5 Å². The van der Waals surface area contributed by atoms with E-state index in [1.54, 1.807) is 7.11 Å². The molecule has 1 aliphatic heterocycles. The van der Waals surface area contributed by atoms with Crippen LogP contribution < -0.4 is 10.1 Å². The topological polar surface area (TPSA) is 61.8 Å². The number of hydrogen-bond acceptors (Lipinski definition) is 4. The summed E-state index contributed by atoms with van der Waals surface area (Å²) in [4.78, 5) is 14.2. The standard InChI is InChI=1S/C16H24N2O3/c1-3-18-11-4-9-16(10-12-18,15(19)20)17-13-5-7-14(21-2)8-6-13/h5-8,17H,3-4,9-12H2,1-2H3,(H,19,20). The molecule has 21 heavy (non-hydrogen) atoms. The van der Waals surface area contributed by atoms with Gasteiger partial charge in [-0.1, -0.05) is 6.92 Å². The Morgan fingerprint density at radius 1 is 1.33 bits per heavy atom. The number of benzene rings is 1. The van der Waals surface area contributed by atoms with Crippen molar-refractivity contribution in [3.63, 3.8) is 0 Å². The first-order chi connectivity index (χ1) is 10.1. The summed E-state index contributed by atoms with van der Waals surface area (Å²) >= 11 is 0. The summed E-state index contributed by atoms with van der Waals surface area (Å²) in [6, 6.07) is 7.41. The maximum atomic E-state index is 11.8. The zero-order valence-corrected chi connectivity index (χ0v) is 12.8. The van der Waals surface area contributed by atoms with Crippen LogP contribution in [0, 0.1) is 0 Å². The number of aliphatic carboxylic acids is 1. The fourth-order valence-electron chi connectivity index (χ4n) is 2.85. The molecule has 1 aromatic carbocycles. The molecule has 1 heterocycles. The highest BCUT2D eigenvalue weighted by atomic mass is 16.5. The van der Waals surface area contributed by atoms with Crippen LogP contribution >= 0.6 is 0 Å². The Hall–Kier alpha value is -1.75. The van der Waals surface area contributed by atoms with Gasteiger partial charge < -0.3 is 20.1 Å². The molecule has 0 bridgehead atoms. The van der Waals surface area contributed by atoms with Crippen molar-refractivity contribution in [2.45, 2.75) is 31.7 Å². The van der Waals surface area contributed by atoms with Gasteiger partial charge in [0, 0.05) is 12.2 Å². The van der Waals surface area contributed by atoms with Crippen molar-refractivity contribution in [2.24, 2.45) is 0 Å². The molecule has 5 nitrogen and oxygen atoms in total. The van der Waals surface area contributed by atoms with E-state index in [4.69, 9.17) is 4.74 Å². The molecular formula is C16H24N2O3. The van der Waals surface area contributed by atoms with Crippen molar-refractivity contribution in [3.8, 4) is 5.75 Å². The molecule has 1 atom stereocenters. The van der Waals surface area contributed by atoms with Crippen LogP contribution in [-0.4, -0.2) is 48.3 Å². The summed E-state index contributed by atoms with van der Waals surface area (Å²) in [5.41, 5.74) is -0.0541. The number of ether oxygens (including phenoxy) is 1. The highest BCUT2D eigenvalue weighted by Gasteiger charge is 2.39. The predicted octanol–water partition coefficient (Wildman–Crippen LogP) is 2.44. The molecule has 1 aliphatic rings. The van der Waals surface area contributed by atoms with Crippen molar-refractivity contribution in [3.05, 3.63) is 24.3 Å². The SMILES string of the molecule is CCN1CCCC(Nc2ccc(OC)cc2)(C(=O)O)CC1. The fraction of sp³-hybridized carbons (Fsp3) is 0.562. The molecule has 1 fully saturated rings. The Kier molecular flexibility index (Phi) is 5.07. The first-order valence-corrected chi connectivity index (χ1v) is 7.47. The van der Waals surface area contributed by atoms with Gasteiger partial charge in [-0.15, -0.1) is 0 Å². The maximum Gasteiger partial charge on any atom is 0.329 e. The maximum absolute atomic E-state index is 11.8. The second kappa shape index (κ2) is 6.80. The lowest BCUT2D eigenvalue weighted by Crippen LogP contribution is -2.47. The van der Waals surface area contributed by atoms with E-state index in [0.717, 1.165) is 37.5 Å². The van der Waals surface area contributed by atoms with E-state index in [1.165, 1.54) is 0 Å². The Labute approximate surface area is 125 Å². The van der Waals surface area contributed by atoms with Crippen LogP contribution in [0.5, 0.6) is 5.75 Å². The normalized spacial score (nSPS) is 23.3. The number of likely N-dealkylation sites (tertiary alicyclic amines) is 1. The first kappa shape index (κ1) is 15.6. The van der Waals surface area contributed by atoms with E-state index in [0.29, 0.717) is 12.8 Å². The smallest absolute Gasteiger partial charge is 0.329 e. The van der Waals surface area contributed by atoms with E-state index in [2.05, 4.69) is 17.1 Å². The van der Waals surface area contributed by atoms with Gasteiger partial charge in [-0.05, 0) is 56.6 Å². The molecule has 2 N–H and O–H groups in total. The minimum atomic E-state index is -0.876. The highest BCUT2D eigenvalue weighted by molar-refractivity contribution is 5.83. The summed E-state index contributed by atoms with van der Waals surface area (Å²) in [6.45, 7) is 4.87. The molecule has 1 unspecified atom stereocenters. The molecule has 0 aliphatic carbocycles. The Balaban J connectivity index is 2.15. The predicted molar refractivity (Wildman–Crippen MR) is 82.9 cm³/mol. The summed E-state index contributed by atoms with van der Waals surface area (Å²) in [6.07, 6.45) is 2.15. The monoisotopic (exact) mass is 292 g/mol. The number of hydrogen-bond donors (Lipinski definition) is 2. The van der Waals surface area contributed by atoms with Gasteiger partial charge >= 0.3 is 5.97 Å². The highest BCUT2D eigenvalue weighted by Crippen LogP contribution is 2.28. The van der Waals surface area contributed by atoms with Gasteiger partial charge in [0.25, 0.3) is 0 Å². The lowest BCUT2D eigenvalue weighted by molar-refractivity contribution is -0.142. The van der Waals surface area contributed by atoms with Crippen molar-refractivity contribution in [1.82, 2.24) is 4.90 Å². The molecule has 0 saturated carbocycles. The zero-order chi connectivity index (χ0) is 15.3. The summed E-state index contributed by atoms with van der Waals surface area (Å²) in [5.74, 6) is -0.000722. The molecule has 0 amide bonds. The van der Waals surface area contributed by atoms with Crippen LogP contribution in [0.4, 0.5) is 5.69 Å². The number of nitrogens with one attached hydrogen (secondary N) is 1. The van der Waals surface area contributed by atoms with Crippen LogP contribution in [0.1, 0.15) is 26.2 Å². The van der Waals surface area contributed by atoms with E-state index in [-0.39, 0.29) is 0 Å². The van der Waals surface area contributed by atoms with E-state index >= 15 is 0 Å². The third-order valence-electron chi connectivity index (χ3n) is 4.26. The molecule has 0 aromatic heterocycles. The molecule has 116 valence electrons. The number of methoxy groups -OCH3 is 1. The minimum Gasteiger partial charge on any atom is -0.497 e. The molecular weight excluding hydrogens is 268 g/mol. The van der Waals surface area contributed by atoms with Gasteiger partial charge in [0.05, 0.1) is 7.11 Å². The largest absolute Gasteiger partial charge is 0.497 e. The van der Waals surface area contributed by atoms with Gasteiger partial charge in [-0.25, -0.2) is 4.79 Å². The molecule has 1 saturated heterocycles. The molecule has 1 aromatic rings. The van der Waals surface area contributed by atoms with Crippen molar-refractivity contribution in [1.29, 1.82) is 0 Å². The van der Waals surface area contributed by atoms with Crippen molar-refractivity contribution in [2.75, 3.05) is 32.1 Å². The zero-order valence-electron chi connectivity index (χ0n) is 12.8. The molecule has 0 radical (unpaired) electrons. The van der Waals surface area contributed by atoms with Crippen molar-refractivity contribution >= 4 is 11.7 Å². The number of carboxylic acid groups (broad SMARTS) is 1. The van der Waals surface area contributed by atoms with Crippen LogP contribution in [0.15, 0.2) is 24.3 Å². The van der Waals surface area contributed by atoms with Crippen LogP contribution in [0.2, 0.25) is 0 Å².